The molecule has 20 heavy (non-hydrogen) atoms. The number of amides is 2. The molecule has 0 aliphatic carbocycles. The minimum absolute atomic E-state index is 0.155. The number of ether oxygens (including phenoxy) is 1. The molecule has 7 heteroatoms. The Morgan fingerprint density at radius 1 is 1.10 bits per heavy atom. The minimum Gasteiger partial charge on any atom is -0.480 e. The number of methoxy groups -OCH3 is 1. The van der Waals surface area contributed by atoms with Crippen LogP contribution in [0.3, 0.4) is 0 Å². The van der Waals surface area contributed by atoms with E-state index in [9.17, 15) is 14.4 Å². The van der Waals surface area contributed by atoms with E-state index in [-0.39, 0.29) is 17.9 Å². The minimum atomic E-state index is -0.944. The van der Waals surface area contributed by atoms with E-state index in [1.807, 2.05) is 0 Å². The largest absolute Gasteiger partial charge is 0.480 e. The third-order valence-electron chi connectivity index (χ3n) is 4.08. The Morgan fingerprint density at radius 2 is 1.75 bits per heavy atom. The smallest absolute Gasteiger partial charge is 0.326 e. The van der Waals surface area contributed by atoms with E-state index in [0.717, 1.165) is 6.42 Å². The molecule has 0 spiro atoms. The van der Waals surface area contributed by atoms with E-state index in [0.29, 0.717) is 38.9 Å². The summed E-state index contributed by atoms with van der Waals surface area (Å²) in [4.78, 5) is 37.9. The predicted molar refractivity (Wildman–Crippen MR) is 69.1 cm³/mol. The highest BCUT2D eigenvalue weighted by Gasteiger charge is 2.37. The number of urea groups is 1. The standard InChI is InChI=1S/C13H20N2O5/c1-20-12(18)9-4-7-14(8-5-9)13(19)15-6-2-3-10(15)11(16)17/h9-10H,2-8H2,1H3,(H,16,17). The summed E-state index contributed by atoms with van der Waals surface area (Å²) in [5, 5.41) is 9.10. The van der Waals surface area contributed by atoms with Crippen molar-refractivity contribution in [2.24, 2.45) is 5.92 Å². The molecule has 2 aliphatic heterocycles. The van der Waals surface area contributed by atoms with Crippen LogP contribution in [0.25, 0.3) is 0 Å². The Morgan fingerprint density at radius 3 is 2.30 bits per heavy atom. The maximum atomic E-state index is 12.3. The van der Waals surface area contributed by atoms with Crippen LogP contribution in [0.15, 0.2) is 0 Å². The second-order valence-electron chi connectivity index (χ2n) is 5.26. The normalized spacial score (nSPS) is 23.8. The van der Waals surface area contributed by atoms with E-state index in [1.54, 1.807) is 4.90 Å². The van der Waals surface area contributed by atoms with Crippen LogP contribution >= 0.6 is 0 Å². The molecule has 1 N–H and O–H groups in total. The van der Waals surface area contributed by atoms with Gasteiger partial charge in [-0.3, -0.25) is 4.79 Å². The van der Waals surface area contributed by atoms with Gasteiger partial charge in [-0.2, -0.15) is 0 Å². The maximum Gasteiger partial charge on any atom is 0.326 e. The molecule has 0 aromatic rings. The number of piperidine rings is 1. The topological polar surface area (TPSA) is 87.2 Å². The zero-order chi connectivity index (χ0) is 14.7. The highest BCUT2D eigenvalue weighted by molar-refractivity contribution is 5.83. The second-order valence-corrected chi connectivity index (χ2v) is 5.26. The number of carbonyl (C=O) groups excluding carboxylic acids is 2. The lowest BCUT2D eigenvalue weighted by molar-refractivity contribution is -0.146. The Bertz CT molecular complexity index is 404. The first-order valence-corrected chi connectivity index (χ1v) is 6.90. The van der Waals surface area contributed by atoms with Gasteiger partial charge in [0, 0.05) is 19.6 Å². The van der Waals surface area contributed by atoms with Gasteiger partial charge >= 0.3 is 18.0 Å². The third kappa shape index (κ3) is 2.86. The Balaban J connectivity index is 1.91. The molecule has 112 valence electrons. The first kappa shape index (κ1) is 14.6. The van der Waals surface area contributed by atoms with Gasteiger partial charge in [0.2, 0.25) is 0 Å². The zero-order valence-electron chi connectivity index (χ0n) is 11.6. The molecule has 0 aromatic carbocycles. The van der Waals surface area contributed by atoms with Crippen molar-refractivity contribution in [2.45, 2.75) is 31.7 Å². The van der Waals surface area contributed by atoms with E-state index < -0.39 is 12.0 Å². The number of carbonyl (C=O) groups is 3. The summed E-state index contributed by atoms with van der Waals surface area (Å²) >= 11 is 0. The SMILES string of the molecule is COC(=O)C1CCN(C(=O)N2CCCC2C(=O)O)CC1. The molecule has 2 amide bonds. The Labute approximate surface area is 117 Å². The molecular formula is C13H20N2O5. The van der Waals surface area contributed by atoms with Crippen molar-refractivity contribution >= 4 is 18.0 Å². The van der Waals surface area contributed by atoms with Crippen molar-refractivity contribution < 1.29 is 24.2 Å². The molecule has 1 atom stereocenters. The summed E-state index contributed by atoms with van der Waals surface area (Å²) < 4.78 is 4.70. The summed E-state index contributed by atoms with van der Waals surface area (Å²) in [6.07, 6.45) is 2.38. The average Bonchev–Trinajstić information content (AvgIpc) is 2.95. The van der Waals surface area contributed by atoms with Crippen molar-refractivity contribution in [1.29, 1.82) is 0 Å². The number of hydrogen-bond acceptors (Lipinski definition) is 4. The van der Waals surface area contributed by atoms with Crippen molar-refractivity contribution in [3.8, 4) is 0 Å². The van der Waals surface area contributed by atoms with Crippen molar-refractivity contribution in [2.75, 3.05) is 26.7 Å². The summed E-state index contributed by atoms with van der Waals surface area (Å²) in [5.41, 5.74) is 0. The molecule has 0 saturated carbocycles. The van der Waals surface area contributed by atoms with Crippen molar-refractivity contribution in [1.82, 2.24) is 9.80 Å². The van der Waals surface area contributed by atoms with Gasteiger partial charge in [-0.15, -0.1) is 0 Å². The van der Waals surface area contributed by atoms with Gasteiger partial charge in [-0.25, -0.2) is 9.59 Å². The lowest BCUT2D eigenvalue weighted by atomic mass is 9.97. The fraction of sp³-hybridized carbons (Fsp3) is 0.769. The number of nitrogens with zero attached hydrogens (tertiary/aromatic N) is 2. The molecule has 0 aromatic heterocycles. The fourth-order valence-corrected chi connectivity index (χ4v) is 2.91. The van der Waals surface area contributed by atoms with Crippen LogP contribution < -0.4 is 0 Å². The van der Waals surface area contributed by atoms with Crippen LogP contribution in [0, 0.1) is 5.92 Å². The molecule has 7 nitrogen and oxygen atoms in total. The summed E-state index contributed by atoms with van der Waals surface area (Å²) in [7, 11) is 1.36. The lowest BCUT2D eigenvalue weighted by Crippen LogP contribution is -2.50. The summed E-state index contributed by atoms with van der Waals surface area (Å²) in [6, 6.07) is -0.931. The van der Waals surface area contributed by atoms with Crippen molar-refractivity contribution in [3.05, 3.63) is 0 Å². The van der Waals surface area contributed by atoms with Gasteiger partial charge in [-0.1, -0.05) is 0 Å². The molecule has 0 radical (unpaired) electrons. The van der Waals surface area contributed by atoms with Crippen LogP contribution in [0.1, 0.15) is 25.7 Å². The quantitative estimate of drug-likeness (QED) is 0.748. The summed E-state index contributed by atoms with van der Waals surface area (Å²) in [5.74, 6) is -1.33. The van der Waals surface area contributed by atoms with Crippen LogP contribution in [-0.4, -0.2) is 65.7 Å². The number of rotatable bonds is 2. The van der Waals surface area contributed by atoms with Crippen LogP contribution in [0.5, 0.6) is 0 Å². The Hall–Kier alpha value is -1.79. The van der Waals surface area contributed by atoms with Gasteiger partial charge in [0.15, 0.2) is 0 Å². The average molecular weight is 284 g/mol. The van der Waals surface area contributed by atoms with Crippen LogP contribution in [0.2, 0.25) is 0 Å². The second kappa shape index (κ2) is 6.11. The van der Waals surface area contributed by atoms with Crippen molar-refractivity contribution in [3.63, 3.8) is 0 Å². The third-order valence-corrected chi connectivity index (χ3v) is 4.08. The molecular weight excluding hydrogens is 264 g/mol. The fourth-order valence-electron chi connectivity index (χ4n) is 2.91. The van der Waals surface area contributed by atoms with E-state index in [2.05, 4.69) is 0 Å². The van der Waals surface area contributed by atoms with Gasteiger partial charge in [0.05, 0.1) is 13.0 Å². The maximum absolute atomic E-state index is 12.3. The van der Waals surface area contributed by atoms with E-state index in [1.165, 1.54) is 12.0 Å². The number of carboxylic acid groups (broad SMARTS) is 1. The van der Waals surface area contributed by atoms with Gasteiger partial charge < -0.3 is 19.6 Å². The van der Waals surface area contributed by atoms with Gasteiger partial charge in [-0.05, 0) is 25.7 Å². The number of aliphatic carboxylic acids is 1. The Kier molecular flexibility index (Phi) is 4.46. The molecule has 2 aliphatic rings. The molecule has 2 rings (SSSR count). The van der Waals surface area contributed by atoms with E-state index >= 15 is 0 Å². The predicted octanol–water partition coefficient (Wildman–Crippen LogP) is 0.540. The molecule has 0 bridgehead atoms. The highest BCUT2D eigenvalue weighted by atomic mass is 16.5. The number of likely N-dealkylation sites (tertiary alicyclic amines) is 2. The highest BCUT2D eigenvalue weighted by Crippen LogP contribution is 2.23. The first-order chi connectivity index (χ1) is 9.54. The molecule has 1 unspecified atom stereocenters. The molecule has 2 heterocycles. The zero-order valence-corrected chi connectivity index (χ0v) is 11.6. The molecule has 2 fully saturated rings. The van der Waals surface area contributed by atoms with Gasteiger partial charge in [0.25, 0.3) is 0 Å². The van der Waals surface area contributed by atoms with E-state index in [4.69, 9.17) is 9.84 Å². The van der Waals surface area contributed by atoms with Crippen LogP contribution in [-0.2, 0) is 14.3 Å². The lowest BCUT2D eigenvalue weighted by Gasteiger charge is -2.34. The first-order valence-electron chi connectivity index (χ1n) is 6.90. The summed E-state index contributed by atoms with van der Waals surface area (Å²) in [6.45, 7) is 1.44. The number of carboxylic acids is 1. The van der Waals surface area contributed by atoms with Gasteiger partial charge in [0.1, 0.15) is 6.04 Å². The van der Waals surface area contributed by atoms with Crippen LogP contribution in [0.4, 0.5) is 4.79 Å². The number of esters is 1. The monoisotopic (exact) mass is 284 g/mol. The number of hydrogen-bond donors (Lipinski definition) is 1. The molecule has 2 saturated heterocycles.